The van der Waals surface area contributed by atoms with Gasteiger partial charge in [-0.1, -0.05) is 35.3 Å². The van der Waals surface area contributed by atoms with Gasteiger partial charge in [-0.15, -0.1) is 0 Å². The van der Waals surface area contributed by atoms with Gasteiger partial charge in [-0.25, -0.2) is 9.35 Å². The second-order valence-electron chi connectivity index (χ2n) is 5.73. The lowest BCUT2D eigenvalue weighted by Gasteiger charge is -2.33. The normalized spacial score (nSPS) is 19.2. The predicted molar refractivity (Wildman–Crippen MR) is 97.0 cm³/mol. The third-order valence-electron chi connectivity index (χ3n) is 4.02. The molecule has 1 heterocycles. The first-order valence-electron chi connectivity index (χ1n) is 7.13. The molecule has 0 bridgehead atoms. The van der Waals surface area contributed by atoms with Gasteiger partial charge in [0.2, 0.25) is 0 Å². The summed E-state index contributed by atoms with van der Waals surface area (Å²) in [5.74, 6) is 0.192. The zero-order valence-electron chi connectivity index (χ0n) is 12.6. The number of hydrogen-bond donors (Lipinski definition) is 2. The van der Waals surface area contributed by atoms with E-state index < -0.39 is 11.2 Å². The molecule has 4 nitrogen and oxygen atoms in total. The van der Waals surface area contributed by atoms with Gasteiger partial charge in [-0.05, 0) is 48.0 Å². The number of anilines is 1. The maximum absolute atomic E-state index is 11.0. The minimum atomic E-state index is -1.57. The van der Waals surface area contributed by atoms with E-state index in [1.807, 2.05) is 30.3 Å². The molecule has 3 N–H and O–H groups in total. The summed E-state index contributed by atoms with van der Waals surface area (Å²) in [6.07, 6.45) is 0. The van der Waals surface area contributed by atoms with Crippen LogP contribution in [0.3, 0.4) is 0 Å². The molecule has 0 fully saturated rings. The molecule has 1 aliphatic rings. The van der Waals surface area contributed by atoms with E-state index in [2.05, 4.69) is 16.7 Å². The number of rotatable bonds is 3. The zero-order chi connectivity index (χ0) is 16.6. The van der Waals surface area contributed by atoms with Gasteiger partial charge in [0, 0.05) is 34.7 Å². The number of fused-ring (bicyclic) bond motifs is 1. The van der Waals surface area contributed by atoms with E-state index in [1.54, 1.807) is 6.07 Å². The molecule has 0 saturated heterocycles. The van der Waals surface area contributed by atoms with Crippen LogP contribution in [0.5, 0.6) is 0 Å². The topological polar surface area (TPSA) is 58.4 Å². The smallest absolute Gasteiger partial charge is 0.190 e. The Labute approximate surface area is 148 Å². The van der Waals surface area contributed by atoms with E-state index in [1.165, 1.54) is 5.56 Å². The highest BCUT2D eigenvalue weighted by Gasteiger charge is 2.26. The van der Waals surface area contributed by atoms with Crippen molar-refractivity contribution < 1.29 is 4.21 Å². The van der Waals surface area contributed by atoms with Crippen LogP contribution in [-0.4, -0.2) is 22.7 Å². The average Bonchev–Trinajstić information content (AvgIpc) is 2.48. The summed E-state index contributed by atoms with van der Waals surface area (Å²) in [5, 5.41) is 6.61. The standard InChI is InChI=1S/C16H17Cl2N3OS/c1-21-8-14(10-2-4-12(5-3-10)20-23(19)22)13-6-11(17)7-16(18)15(13)9-21/h2-7,14,20H,8-9,19H2,1H3. The van der Waals surface area contributed by atoms with Crippen molar-refractivity contribution in [1.82, 2.24) is 4.90 Å². The molecule has 3 rings (SSSR count). The van der Waals surface area contributed by atoms with Gasteiger partial charge in [0.05, 0.1) is 0 Å². The molecule has 0 spiro atoms. The summed E-state index contributed by atoms with van der Waals surface area (Å²) >= 11 is 11.0. The fourth-order valence-corrected chi connectivity index (χ4v) is 3.97. The van der Waals surface area contributed by atoms with E-state index in [9.17, 15) is 4.21 Å². The highest BCUT2D eigenvalue weighted by atomic mass is 35.5. The molecule has 2 unspecified atom stereocenters. The first-order valence-corrected chi connectivity index (χ1v) is 9.10. The lowest BCUT2D eigenvalue weighted by molar-refractivity contribution is 0.295. The van der Waals surface area contributed by atoms with Crippen LogP contribution in [0.1, 0.15) is 22.6 Å². The first kappa shape index (κ1) is 16.7. The van der Waals surface area contributed by atoms with Gasteiger partial charge in [0.1, 0.15) is 0 Å². The van der Waals surface area contributed by atoms with Crippen LogP contribution in [0.15, 0.2) is 36.4 Å². The average molecular weight is 370 g/mol. The fourth-order valence-electron chi connectivity index (χ4n) is 3.03. The van der Waals surface area contributed by atoms with Gasteiger partial charge < -0.3 is 4.90 Å². The van der Waals surface area contributed by atoms with Crippen molar-refractivity contribution in [3.8, 4) is 0 Å². The molecular formula is C16H17Cl2N3OS. The highest BCUT2D eigenvalue weighted by molar-refractivity contribution is 7.84. The summed E-state index contributed by atoms with van der Waals surface area (Å²) in [6.45, 7) is 1.70. The van der Waals surface area contributed by atoms with Crippen LogP contribution >= 0.6 is 23.2 Å². The Kier molecular flexibility index (Phi) is 4.94. The van der Waals surface area contributed by atoms with E-state index in [-0.39, 0.29) is 5.92 Å². The number of likely N-dealkylation sites (N-methyl/N-ethyl adjacent to an activating group) is 1. The Morgan fingerprint density at radius 3 is 2.61 bits per heavy atom. The van der Waals surface area contributed by atoms with Gasteiger partial charge in [0.15, 0.2) is 11.2 Å². The van der Waals surface area contributed by atoms with Crippen LogP contribution in [0.4, 0.5) is 5.69 Å². The third kappa shape index (κ3) is 3.70. The number of nitrogens with zero attached hydrogens (tertiary/aromatic N) is 1. The molecule has 0 radical (unpaired) electrons. The minimum Gasteiger partial charge on any atom is -0.301 e. The molecule has 2 atom stereocenters. The molecule has 7 heteroatoms. The first-order chi connectivity index (χ1) is 10.9. The second-order valence-corrected chi connectivity index (χ2v) is 7.37. The highest BCUT2D eigenvalue weighted by Crippen LogP contribution is 2.38. The van der Waals surface area contributed by atoms with E-state index in [0.29, 0.717) is 10.0 Å². The second kappa shape index (κ2) is 6.79. The van der Waals surface area contributed by atoms with Crippen LogP contribution in [0.25, 0.3) is 0 Å². The maximum Gasteiger partial charge on any atom is 0.190 e. The third-order valence-corrected chi connectivity index (χ3v) is 5.02. The number of nitrogens with one attached hydrogen (secondary N) is 1. The summed E-state index contributed by atoms with van der Waals surface area (Å²) in [6, 6.07) is 11.6. The number of halogens is 2. The van der Waals surface area contributed by atoms with Crippen molar-refractivity contribution in [1.29, 1.82) is 0 Å². The zero-order valence-corrected chi connectivity index (χ0v) is 14.9. The van der Waals surface area contributed by atoms with Crippen LogP contribution in [0.2, 0.25) is 10.0 Å². The maximum atomic E-state index is 11.0. The Bertz CT molecular complexity index is 752. The van der Waals surface area contributed by atoms with Gasteiger partial charge >= 0.3 is 0 Å². The van der Waals surface area contributed by atoms with Crippen molar-refractivity contribution in [2.45, 2.75) is 12.5 Å². The molecule has 122 valence electrons. The Morgan fingerprint density at radius 1 is 1.26 bits per heavy atom. The lowest BCUT2D eigenvalue weighted by atomic mass is 9.85. The number of nitrogens with two attached hydrogens (primary N) is 1. The molecule has 2 aromatic carbocycles. The summed E-state index contributed by atoms with van der Waals surface area (Å²) < 4.78 is 13.7. The molecular weight excluding hydrogens is 353 g/mol. The van der Waals surface area contributed by atoms with Crippen LogP contribution < -0.4 is 9.86 Å². The summed E-state index contributed by atoms with van der Waals surface area (Å²) in [4.78, 5) is 2.24. The van der Waals surface area contributed by atoms with Crippen molar-refractivity contribution >= 4 is 40.1 Å². The van der Waals surface area contributed by atoms with E-state index in [0.717, 1.165) is 29.9 Å². The van der Waals surface area contributed by atoms with Crippen LogP contribution in [-0.2, 0) is 17.7 Å². The van der Waals surface area contributed by atoms with E-state index in [4.69, 9.17) is 28.3 Å². The lowest BCUT2D eigenvalue weighted by Crippen LogP contribution is -2.31. The SMILES string of the molecule is CN1Cc2c(Cl)cc(Cl)cc2C(c2ccc(NS(N)=O)cc2)C1. The Morgan fingerprint density at radius 2 is 1.96 bits per heavy atom. The quantitative estimate of drug-likeness (QED) is 0.869. The van der Waals surface area contributed by atoms with Crippen molar-refractivity contribution in [2.24, 2.45) is 5.14 Å². The molecule has 0 aliphatic carbocycles. The van der Waals surface area contributed by atoms with Crippen molar-refractivity contribution in [2.75, 3.05) is 18.3 Å². The number of hydrogen-bond acceptors (Lipinski definition) is 2. The summed E-state index contributed by atoms with van der Waals surface area (Å²) in [7, 11) is 2.08. The summed E-state index contributed by atoms with van der Waals surface area (Å²) in [5.41, 5.74) is 4.18. The van der Waals surface area contributed by atoms with Gasteiger partial charge in [-0.3, -0.25) is 4.72 Å². The molecule has 1 aliphatic heterocycles. The van der Waals surface area contributed by atoms with Gasteiger partial charge in [0.25, 0.3) is 0 Å². The molecule has 0 saturated carbocycles. The molecule has 0 aromatic heterocycles. The Hall–Kier alpha value is -1.11. The van der Waals surface area contributed by atoms with E-state index >= 15 is 0 Å². The fraction of sp³-hybridized carbons (Fsp3) is 0.250. The van der Waals surface area contributed by atoms with Gasteiger partial charge in [-0.2, -0.15) is 0 Å². The predicted octanol–water partition coefficient (Wildman–Crippen LogP) is 3.52. The largest absolute Gasteiger partial charge is 0.301 e. The van der Waals surface area contributed by atoms with Crippen molar-refractivity contribution in [3.63, 3.8) is 0 Å². The minimum absolute atomic E-state index is 0.192. The van der Waals surface area contributed by atoms with Crippen molar-refractivity contribution in [3.05, 3.63) is 63.1 Å². The van der Waals surface area contributed by atoms with Crippen LogP contribution in [0, 0.1) is 0 Å². The molecule has 0 amide bonds. The number of benzene rings is 2. The molecule has 2 aromatic rings. The molecule has 23 heavy (non-hydrogen) atoms. The monoisotopic (exact) mass is 369 g/mol. The Balaban J connectivity index is 1.99.